The maximum atomic E-state index is 13.2. The van der Waals surface area contributed by atoms with Gasteiger partial charge in [0, 0.05) is 24.5 Å². The summed E-state index contributed by atoms with van der Waals surface area (Å²) in [5, 5.41) is 3.49. The monoisotopic (exact) mass is 576 g/mol. The van der Waals surface area contributed by atoms with E-state index in [2.05, 4.69) is 66.0 Å². The molecule has 1 aliphatic rings. The summed E-state index contributed by atoms with van der Waals surface area (Å²) in [5.74, 6) is 1.36. The molecular formula is C30H39F3N4O2S. The number of amides is 1. The number of benzene rings is 2. The number of aromatic nitrogens is 1. The van der Waals surface area contributed by atoms with Crippen molar-refractivity contribution in [3.05, 3.63) is 53.1 Å². The molecular weight excluding hydrogens is 537 g/mol. The Morgan fingerprint density at radius 1 is 1.00 bits per heavy atom. The van der Waals surface area contributed by atoms with E-state index >= 15 is 0 Å². The summed E-state index contributed by atoms with van der Waals surface area (Å²) in [7, 11) is 0. The first-order chi connectivity index (χ1) is 19.0. The number of hydrogen-bond donors (Lipinski definition) is 1. The fraction of sp³-hybridized carbons (Fsp3) is 0.533. The molecule has 0 unspecified atom stereocenters. The van der Waals surface area contributed by atoms with Gasteiger partial charge in [0.25, 0.3) is 5.22 Å². The molecule has 3 aromatic rings. The fourth-order valence-electron chi connectivity index (χ4n) is 5.14. The molecule has 10 heteroatoms. The average Bonchev–Trinajstić information content (AvgIpc) is 3.18. The molecule has 1 fully saturated rings. The van der Waals surface area contributed by atoms with E-state index in [0.717, 1.165) is 68.4 Å². The highest BCUT2D eigenvalue weighted by atomic mass is 32.2. The van der Waals surface area contributed by atoms with Gasteiger partial charge in [-0.1, -0.05) is 63.7 Å². The van der Waals surface area contributed by atoms with Crippen LogP contribution in [0.1, 0.15) is 69.1 Å². The van der Waals surface area contributed by atoms with Gasteiger partial charge < -0.3 is 14.6 Å². The molecule has 0 atom stereocenters. The topological polar surface area (TPSA) is 61.6 Å². The second kappa shape index (κ2) is 13.4. The zero-order valence-corrected chi connectivity index (χ0v) is 24.5. The maximum absolute atomic E-state index is 13.2. The highest BCUT2D eigenvalue weighted by Crippen LogP contribution is 2.36. The van der Waals surface area contributed by atoms with Crippen molar-refractivity contribution < 1.29 is 22.4 Å². The number of alkyl halides is 3. The van der Waals surface area contributed by atoms with Gasteiger partial charge in [-0.15, -0.1) is 0 Å². The molecule has 1 aromatic heterocycles. The highest BCUT2D eigenvalue weighted by Gasteiger charge is 2.34. The number of thioether (sulfide) groups is 1. The van der Waals surface area contributed by atoms with Crippen LogP contribution in [0.25, 0.3) is 11.1 Å². The quantitative estimate of drug-likeness (QED) is 0.203. The first-order valence-corrected chi connectivity index (χ1v) is 15.0. The molecule has 0 spiro atoms. The largest absolute Gasteiger partial charge is 0.431 e. The van der Waals surface area contributed by atoms with Crippen molar-refractivity contribution in [3.8, 4) is 0 Å². The zero-order chi connectivity index (χ0) is 28.9. The number of fused-ring (bicyclic) bond motifs is 1. The lowest BCUT2D eigenvalue weighted by atomic mass is 9.92. The number of carbonyl (C=O) groups is 1. The molecule has 1 N–H and O–H groups in total. The zero-order valence-electron chi connectivity index (χ0n) is 23.7. The number of carbonyl (C=O) groups excluding carboxylic acids is 1. The van der Waals surface area contributed by atoms with Crippen LogP contribution >= 0.6 is 11.8 Å². The molecule has 40 heavy (non-hydrogen) atoms. The van der Waals surface area contributed by atoms with E-state index in [4.69, 9.17) is 4.42 Å². The van der Waals surface area contributed by atoms with Crippen molar-refractivity contribution >= 4 is 34.5 Å². The SMILES string of the molecule is CC(C)c1cccc(C(C)C)c1NC(=O)CN1CCCN(CCCSc2nc3cccc(C(F)(F)F)c3o2)CC1. The Balaban J connectivity index is 1.24. The van der Waals surface area contributed by atoms with Crippen molar-refractivity contribution in [2.45, 2.75) is 63.8 Å². The van der Waals surface area contributed by atoms with Crippen LogP contribution in [0.15, 0.2) is 46.0 Å². The van der Waals surface area contributed by atoms with E-state index in [1.165, 1.54) is 23.9 Å². The summed E-state index contributed by atoms with van der Waals surface area (Å²) in [4.78, 5) is 21.9. The Bertz CT molecular complexity index is 1270. The Labute approximate surface area is 238 Å². The van der Waals surface area contributed by atoms with Gasteiger partial charge in [0.1, 0.15) is 11.1 Å². The number of halogens is 3. The van der Waals surface area contributed by atoms with Gasteiger partial charge in [0.15, 0.2) is 5.58 Å². The lowest BCUT2D eigenvalue weighted by Gasteiger charge is -2.23. The number of rotatable bonds is 10. The Hall–Kier alpha value is -2.56. The maximum Gasteiger partial charge on any atom is 0.420 e. The Kier molecular flexibility index (Phi) is 10.2. The molecule has 0 radical (unpaired) electrons. The van der Waals surface area contributed by atoms with E-state index in [1.54, 1.807) is 0 Å². The van der Waals surface area contributed by atoms with Crippen molar-refractivity contribution in [1.29, 1.82) is 0 Å². The predicted molar refractivity (Wildman–Crippen MR) is 155 cm³/mol. The van der Waals surface area contributed by atoms with E-state index < -0.39 is 11.7 Å². The van der Waals surface area contributed by atoms with Crippen LogP contribution in [0.3, 0.4) is 0 Å². The summed E-state index contributed by atoms with van der Waals surface area (Å²) >= 11 is 1.34. The minimum Gasteiger partial charge on any atom is -0.431 e. The molecule has 0 saturated carbocycles. The number of para-hydroxylation sites is 2. The standard InChI is InChI=1S/C30H39F3N4O2S/c1-20(2)22-9-5-10-23(21(3)4)27(22)35-26(38)19-37-14-7-13-36(16-17-37)15-8-18-40-29-34-25-12-6-11-24(28(25)39-29)30(31,32)33/h5-6,9-12,20-21H,7-8,13-19H2,1-4H3,(H,35,38). The molecule has 4 rings (SSSR count). The number of hydrogen-bond acceptors (Lipinski definition) is 6. The summed E-state index contributed by atoms with van der Waals surface area (Å²) in [6.07, 6.45) is -2.64. The molecule has 2 heterocycles. The van der Waals surface area contributed by atoms with E-state index in [9.17, 15) is 18.0 Å². The van der Waals surface area contributed by atoms with Gasteiger partial charge in [-0.05, 0) is 67.6 Å². The lowest BCUT2D eigenvalue weighted by molar-refractivity contribution is -0.136. The molecule has 6 nitrogen and oxygen atoms in total. The summed E-state index contributed by atoms with van der Waals surface area (Å²) < 4.78 is 45.1. The van der Waals surface area contributed by atoms with Crippen LogP contribution < -0.4 is 5.32 Å². The first-order valence-electron chi connectivity index (χ1n) is 14.0. The summed E-state index contributed by atoms with van der Waals surface area (Å²) in [6.45, 7) is 13.3. The van der Waals surface area contributed by atoms with Gasteiger partial charge >= 0.3 is 6.18 Å². The average molecular weight is 577 g/mol. The van der Waals surface area contributed by atoms with Crippen molar-refractivity contribution in [3.63, 3.8) is 0 Å². The Morgan fingerprint density at radius 2 is 1.65 bits per heavy atom. The normalized spacial score (nSPS) is 15.7. The van der Waals surface area contributed by atoms with E-state index in [0.29, 0.717) is 24.1 Å². The van der Waals surface area contributed by atoms with Crippen LogP contribution in [-0.2, 0) is 11.0 Å². The number of nitrogens with one attached hydrogen (secondary N) is 1. The molecule has 2 aromatic carbocycles. The number of nitrogens with zero attached hydrogens (tertiary/aromatic N) is 3. The van der Waals surface area contributed by atoms with Crippen LogP contribution in [-0.4, -0.2) is 65.7 Å². The summed E-state index contributed by atoms with van der Waals surface area (Å²) in [5.41, 5.74) is 2.51. The fourth-order valence-corrected chi connectivity index (χ4v) is 5.90. The van der Waals surface area contributed by atoms with Crippen molar-refractivity contribution in [1.82, 2.24) is 14.8 Å². The molecule has 1 saturated heterocycles. The van der Waals surface area contributed by atoms with Gasteiger partial charge in [-0.25, -0.2) is 4.98 Å². The first kappa shape index (κ1) is 30.4. The van der Waals surface area contributed by atoms with Gasteiger partial charge in [-0.2, -0.15) is 13.2 Å². The third kappa shape index (κ3) is 7.79. The second-order valence-electron chi connectivity index (χ2n) is 11.0. The Morgan fingerprint density at radius 3 is 2.33 bits per heavy atom. The molecule has 1 amide bonds. The predicted octanol–water partition coefficient (Wildman–Crippen LogP) is 7.22. The van der Waals surface area contributed by atoms with E-state index in [-0.39, 0.29) is 22.2 Å². The third-order valence-electron chi connectivity index (χ3n) is 7.23. The van der Waals surface area contributed by atoms with Crippen LogP contribution in [0.2, 0.25) is 0 Å². The smallest absolute Gasteiger partial charge is 0.420 e. The van der Waals surface area contributed by atoms with Crippen LogP contribution in [0.4, 0.5) is 18.9 Å². The number of anilines is 1. The van der Waals surface area contributed by atoms with Gasteiger partial charge in [0.2, 0.25) is 5.91 Å². The van der Waals surface area contributed by atoms with Crippen molar-refractivity contribution in [2.24, 2.45) is 0 Å². The van der Waals surface area contributed by atoms with Crippen LogP contribution in [0.5, 0.6) is 0 Å². The third-order valence-corrected chi connectivity index (χ3v) is 8.15. The molecule has 0 bridgehead atoms. The number of oxazole rings is 1. The minimum atomic E-state index is -4.47. The van der Waals surface area contributed by atoms with Crippen LogP contribution in [0, 0.1) is 0 Å². The van der Waals surface area contributed by atoms with E-state index in [1.807, 2.05) is 0 Å². The molecule has 218 valence electrons. The van der Waals surface area contributed by atoms with Gasteiger partial charge in [-0.3, -0.25) is 9.69 Å². The highest BCUT2D eigenvalue weighted by molar-refractivity contribution is 7.99. The van der Waals surface area contributed by atoms with Gasteiger partial charge in [0.05, 0.1) is 6.54 Å². The molecule has 1 aliphatic heterocycles. The molecule has 0 aliphatic carbocycles. The minimum absolute atomic E-state index is 0.0202. The van der Waals surface area contributed by atoms with Crippen molar-refractivity contribution in [2.75, 3.05) is 50.3 Å². The second-order valence-corrected chi connectivity index (χ2v) is 12.0. The lowest BCUT2D eigenvalue weighted by Crippen LogP contribution is -2.37. The summed E-state index contributed by atoms with van der Waals surface area (Å²) in [6, 6.07) is 10.2.